The minimum Gasteiger partial charge on any atom is -0.462 e. The van der Waals surface area contributed by atoms with Crippen molar-refractivity contribution in [2.75, 3.05) is 13.2 Å². The fourth-order valence-electron chi connectivity index (χ4n) is 7.14. The number of carbonyl (C=O) groups excluding carboxylic acids is 3. The molecule has 0 aliphatic rings. The molecular formula is C51H94O6. The number of carbonyl (C=O) groups is 3. The number of hydrogen-bond acceptors (Lipinski definition) is 6. The van der Waals surface area contributed by atoms with E-state index in [-0.39, 0.29) is 31.1 Å². The minimum absolute atomic E-state index is 0.0730. The molecule has 0 N–H and O–H groups in total. The molecule has 57 heavy (non-hydrogen) atoms. The zero-order chi connectivity index (χ0) is 41.5. The molecule has 1 atom stereocenters. The number of unbranched alkanes of at least 4 members (excludes halogenated alkanes) is 30. The molecule has 0 aliphatic heterocycles. The second-order valence-corrected chi connectivity index (χ2v) is 16.7. The predicted molar refractivity (Wildman–Crippen MR) is 243 cm³/mol. The lowest BCUT2D eigenvalue weighted by molar-refractivity contribution is -0.167. The summed E-state index contributed by atoms with van der Waals surface area (Å²) in [6, 6.07) is 0. The van der Waals surface area contributed by atoms with E-state index in [0.29, 0.717) is 19.3 Å². The van der Waals surface area contributed by atoms with Gasteiger partial charge in [-0.05, 0) is 70.6 Å². The van der Waals surface area contributed by atoms with Crippen LogP contribution in [-0.4, -0.2) is 37.2 Å². The van der Waals surface area contributed by atoms with Crippen LogP contribution in [0, 0.1) is 0 Å². The van der Waals surface area contributed by atoms with Crippen LogP contribution in [0.1, 0.15) is 265 Å². The summed E-state index contributed by atoms with van der Waals surface area (Å²) in [5, 5.41) is 0. The molecule has 0 aromatic heterocycles. The van der Waals surface area contributed by atoms with Crippen molar-refractivity contribution in [2.24, 2.45) is 0 Å². The van der Waals surface area contributed by atoms with Crippen LogP contribution in [-0.2, 0) is 28.6 Å². The second-order valence-electron chi connectivity index (χ2n) is 16.7. The fourth-order valence-corrected chi connectivity index (χ4v) is 7.14. The SMILES string of the molecule is CCCCCC/C=C\CCCCCCCC(=O)OC(COC(=O)CCCCCCCCC)COC(=O)CCCCCCCCCCC/C=C\CCCCCCCC. The lowest BCUT2D eigenvalue weighted by Gasteiger charge is -2.18. The Morgan fingerprint density at radius 3 is 0.895 bits per heavy atom. The van der Waals surface area contributed by atoms with E-state index in [1.165, 1.54) is 161 Å². The first-order valence-corrected chi connectivity index (χ1v) is 24.8. The molecule has 0 saturated heterocycles. The van der Waals surface area contributed by atoms with Crippen LogP contribution in [0.3, 0.4) is 0 Å². The first kappa shape index (κ1) is 54.9. The molecule has 6 heteroatoms. The minimum atomic E-state index is -0.769. The molecular weight excluding hydrogens is 709 g/mol. The maximum atomic E-state index is 12.7. The summed E-state index contributed by atoms with van der Waals surface area (Å²) in [5.41, 5.74) is 0. The summed E-state index contributed by atoms with van der Waals surface area (Å²) in [6.45, 7) is 6.58. The fraction of sp³-hybridized carbons (Fsp3) is 0.863. The highest BCUT2D eigenvalue weighted by Gasteiger charge is 2.19. The van der Waals surface area contributed by atoms with E-state index in [0.717, 1.165) is 64.2 Å². The first-order valence-electron chi connectivity index (χ1n) is 24.8. The smallest absolute Gasteiger partial charge is 0.306 e. The van der Waals surface area contributed by atoms with Crippen LogP contribution in [0.25, 0.3) is 0 Å². The second kappa shape index (κ2) is 46.6. The number of hydrogen-bond donors (Lipinski definition) is 0. The summed E-state index contributed by atoms with van der Waals surface area (Å²) in [5.74, 6) is -0.882. The highest BCUT2D eigenvalue weighted by atomic mass is 16.6. The lowest BCUT2D eigenvalue weighted by Crippen LogP contribution is -2.30. The van der Waals surface area contributed by atoms with Crippen molar-refractivity contribution in [1.82, 2.24) is 0 Å². The van der Waals surface area contributed by atoms with Gasteiger partial charge in [0.1, 0.15) is 13.2 Å². The topological polar surface area (TPSA) is 78.9 Å². The van der Waals surface area contributed by atoms with Crippen molar-refractivity contribution in [2.45, 2.75) is 271 Å². The van der Waals surface area contributed by atoms with Crippen molar-refractivity contribution < 1.29 is 28.6 Å². The average Bonchev–Trinajstić information content (AvgIpc) is 3.21. The molecule has 0 heterocycles. The van der Waals surface area contributed by atoms with Crippen LogP contribution in [0.4, 0.5) is 0 Å². The summed E-state index contributed by atoms with van der Waals surface area (Å²) in [6.07, 6.45) is 51.7. The molecule has 0 aromatic carbocycles. The zero-order valence-electron chi connectivity index (χ0n) is 38.1. The van der Waals surface area contributed by atoms with Crippen molar-refractivity contribution >= 4 is 17.9 Å². The van der Waals surface area contributed by atoms with Crippen LogP contribution >= 0.6 is 0 Å². The van der Waals surface area contributed by atoms with E-state index < -0.39 is 6.10 Å². The van der Waals surface area contributed by atoms with Gasteiger partial charge in [-0.15, -0.1) is 0 Å². The van der Waals surface area contributed by atoms with Gasteiger partial charge in [0.2, 0.25) is 0 Å². The van der Waals surface area contributed by atoms with Crippen molar-refractivity contribution in [3.05, 3.63) is 24.3 Å². The number of ether oxygens (including phenoxy) is 3. The Bertz CT molecular complexity index is 927. The molecule has 0 saturated carbocycles. The van der Waals surface area contributed by atoms with Gasteiger partial charge in [0.05, 0.1) is 0 Å². The van der Waals surface area contributed by atoms with E-state index in [1.54, 1.807) is 0 Å². The first-order chi connectivity index (χ1) is 28.0. The quantitative estimate of drug-likeness (QED) is 0.0264. The Morgan fingerprint density at radius 1 is 0.333 bits per heavy atom. The molecule has 0 aliphatic carbocycles. The Balaban J connectivity index is 4.22. The monoisotopic (exact) mass is 803 g/mol. The lowest BCUT2D eigenvalue weighted by atomic mass is 10.1. The van der Waals surface area contributed by atoms with Crippen LogP contribution in [0.2, 0.25) is 0 Å². The highest BCUT2D eigenvalue weighted by molar-refractivity contribution is 5.71. The van der Waals surface area contributed by atoms with Gasteiger partial charge in [-0.2, -0.15) is 0 Å². The van der Waals surface area contributed by atoms with Gasteiger partial charge in [0.15, 0.2) is 6.10 Å². The molecule has 6 nitrogen and oxygen atoms in total. The molecule has 1 unspecified atom stereocenters. The van der Waals surface area contributed by atoms with Gasteiger partial charge in [-0.25, -0.2) is 0 Å². The Hall–Kier alpha value is -2.11. The number of allylic oxidation sites excluding steroid dienone is 4. The third-order valence-corrected chi connectivity index (χ3v) is 10.9. The number of rotatable bonds is 45. The third kappa shape index (κ3) is 44.8. The van der Waals surface area contributed by atoms with Gasteiger partial charge in [0, 0.05) is 19.3 Å². The molecule has 0 bridgehead atoms. The van der Waals surface area contributed by atoms with E-state index in [4.69, 9.17) is 14.2 Å². The molecule has 0 radical (unpaired) electrons. The standard InChI is InChI=1S/C51H94O6/c1-4-7-10-13-16-18-20-22-23-24-25-26-27-29-30-32-35-38-41-44-50(53)56-47-48(46-55-49(52)43-40-37-34-15-12-9-6-3)57-51(54)45-42-39-36-33-31-28-21-19-17-14-11-8-5-2/h19,21-23,48H,4-18,20,24-47H2,1-3H3/b21-19-,23-22-. The van der Waals surface area contributed by atoms with E-state index >= 15 is 0 Å². The van der Waals surface area contributed by atoms with Crippen LogP contribution < -0.4 is 0 Å². The largest absolute Gasteiger partial charge is 0.462 e. The summed E-state index contributed by atoms with van der Waals surface area (Å²) < 4.78 is 16.7. The van der Waals surface area contributed by atoms with Crippen LogP contribution in [0.5, 0.6) is 0 Å². The molecule has 0 spiro atoms. The average molecular weight is 803 g/mol. The Kier molecular flexibility index (Phi) is 44.9. The zero-order valence-corrected chi connectivity index (χ0v) is 38.1. The number of esters is 3. The normalized spacial score (nSPS) is 12.1. The Morgan fingerprint density at radius 2 is 0.579 bits per heavy atom. The van der Waals surface area contributed by atoms with Gasteiger partial charge in [-0.1, -0.05) is 199 Å². The molecule has 0 rings (SSSR count). The van der Waals surface area contributed by atoms with Crippen LogP contribution in [0.15, 0.2) is 24.3 Å². The summed E-state index contributed by atoms with van der Waals surface area (Å²) in [7, 11) is 0. The highest BCUT2D eigenvalue weighted by Crippen LogP contribution is 2.15. The van der Waals surface area contributed by atoms with E-state index in [2.05, 4.69) is 45.1 Å². The molecule has 334 valence electrons. The van der Waals surface area contributed by atoms with E-state index in [1.807, 2.05) is 0 Å². The predicted octanol–water partition coefficient (Wildman–Crippen LogP) is 16.0. The van der Waals surface area contributed by atoms with Crippen molar-refractivity contribution in [3.8, 4) is 0 Å². The molecule has 0 fully saturated rings. The van der Waals surface area contributed by atoms with Gasteiger partial charge >= 0.3 is 17.9 Å². The maximum absolute atomic E-state index is 12.7. The van der Waals surface area contributed by atoms with Crippen molar-refractivity contribution in [1.29, 1.82) is 0 Å². The van der Waals surface area contributed by atoms with Crippen molar-refractivity contribution in [3.63, 3.8) is 0 Å². The van der Waals surface area contributed by atoms with Gasteiger partial charge in [-0.3, -0.25) is 14.4 Å². The Labute approximate surface area is 353 Å². The summed E-state index contributed by atoms with van der Waals surface area (Å²) >= 11 is 0. The van der Waals surface area contributed by atoms with Gasteiger partial charge < -0.3 is 14.2 Å². The van der Waals surface area contributed by atoms with Gasteiger partial charge in [0.25, 0.3) is 0 Å². The molecule has 0 amide bonds. The maximum Gasteiger partial charge on any atom is 0.306 e. The molecule has 0 aromatic rings. The third-order valence-electron chi connectivity index (χ3n) is 10.9. The summed E-state index contributed by atoms with van der Waals surface area (Å²) in [4.78, 5) is 37.7. The van der Waals surface area contributed by atoms with E-state index in [9.17, 15) is 14.4 Å².